The third kappa shape index (κ3) is 3.94. The van der Waals surface area contributed by atoms with E-state index in [0.717, 1.165) is 11.3 Å². The highest BCUT2D eigenvalue weighted by molar-refractivity contribution is 7.14. The highest BCUT2D eigenvalue weighted by Crippen LogP contribution is 2.53. The molecule has 42 heavy (non-hydrogen) atoms. The first-order valence-corrected chi connectivity index (χ1v) is 14.1. The Morgan fingerprint density at radius 2 is 1.83 bits per heavy atom. The van der Waals surface area contributed by atoms with E-state index in [1.807, 2.05) is 35.7 Å². The molecule has 0 radical (unpaired) electrons. The number of amides is 1. The van der Waals surface area contributed by atoms with Crippen LogP contribution in [0.2, 0.25) is 0 Å². The summed E-state index contributed by atoms with van der Waals surface area (Å²) >= 11 is 1.32. The third-order valence-corrected chi connectivity index (χ3v) is 9.17. The number of Topliss-reactive ketones (excluding diaryl/α,β-unsaturated/α-hetero) is 2. The van der Waals surface area contributed by atoms with Crippen molar-refractivity contribution in [3.63, 3.8) is 0 Å². The van der Waals surface area contributed by atoms with E-state index in [9.17, 15) is 34.8 Å². The number of hydrogen-bond donors (Lipinski definition) is 6. The first kappa shape index (κ1) is 27.6. The Morgan fingerprint density at radius 1 is 1.12 bits per heavy atom. The molecule has 3 aliphatic carbocycles. The lowest BCUT2D eigenvalue weighted by atomic mass is 9.57. The second-order valence-electron chi connectivity index (χ2n) is 11.0. The number of likely N-dealkylation sites (N-methyl/N-ethyl adjacent to an activating group) is 1. The Balaban J connectivity index is 1.41. The number of carbonyl (C=O) groups excluding carboxylic acids is 3. The summed E-state index contributed by atoms with van der Waals surface area (Å²) in [6, 6.07) is 11.8. The van der Waals surface area contributed by atoms with Crippen LogP contribution in [-0.2, 0) is 20.8 Å². The molecule has 11 nitrogen and oxygen atoms in total. The van der Waals surface area contributed by atoms with Crippen molar-refractivity contribution >= 4 is 45.4 Å². The minimum absolute atomic E-state index is 0.0103. The molecule has 2 aromatic carbocycles. The summed E-state index contributed by atoms with van der Waals surface area (Å²) in [5.41, 5.74) is 4.13. The molecule has 1 fully saturated rings. The summed E-state index contributed by atoms with van der Waals surface area (Å²) < 4.78 is 0. The topological polar surface area (TPSA) is 186 Å². The fraction of sp³-hybridized carbons (Fsp3) is 0.267. The number of fused-ring (bicyclic) bond motifs is 3. The van der Waals surface area contributed by atoms with E-state index in [-0.39, 0.29) is 35.4 Å². The van der Waals surface area contributed by atoms with E-state index in [1.54, 1.807) is 26.2 Å². The first-order valence-electron chi connectivity index (χ1n) is 13.2. The highest BCUT2D eigenvalue weighted by atomic mass is 32.1. The summed E-state index contributed by atoms with van der Waals surface area (Å²) in [5.74, 6) is -6.83. The average Bonchev–Trinajstić information content (AvgIpc) is 3.41. The quantitative estimate of drug-likeness (QED) is 0.191. The molecule has 1 heterocycles. The van der Waals surface area contributed by atoms with Crippen LogP contribution in [0.25, 0.3) is 17.0 Å². The van der Waals surface area contributed by atoms with Gasteiger partial charge in [-0.2, -0.15) is 0 Å². The number of aliphatic hydroxyl groups excluding tert-OH is 2. The largest absolute Gasteiger partial charge is 0.508 e. The van der Waals surface area contributed by atoms with Gasteiger partial charge in [-0.05, 0) is 44.5 Å². The number of anilines is 2. The van der Waals surface area contributed by atoms with Crippen molar-refractivity contribution in [2.75, 3.05) is 19.4 Å². The minimum Gasteiger partial charge on any atom is -0.508 e. The van der Waals surface area contributed by atoms with Crippen molar-refractivity contribution in [1.29, 1.82) is 0 Å². The van der Waals surface area contributed by atoms with Crippen LogP contribution >= 0.6 is 11.3 Å². The Bertz CT molecular complexity index is 1730. The Hall–Kier alpha value is -4.52. The van der Waals surface area contributed by atoms with Crippen LogP contribution in [0.4, 0.5) is 10.8 Å². The molecule has 0 unspecified atom stereocenters. The zero-order valence-corrected chi connectivity index (χ0v) is 23.5. The molecule has 3 aliphatic rings. The van der Waals surface area contributed by atoms with Gasteiger partial charge >= 0.3 is 0 Å². The lowest BCUT2D eigenvalue weighted by Crippen LogP contribution is -2.65. The van der Waals surface area contributed by atoms with Gasteiger partial charge in [0.15, 0.2) is 16.5 Å². The van der Waals surface area contributed by atoms with Crippen molar-refractivity contribution in [3.05, 3.63) is 75.9 Å². The van der Waals surface area contributed by atoms with Crippen LogP contribution in [0.3, 0.4) is 0 Å². The number of nitrogens with zero attached hydrogens (tertiary/aromatic N) is 2. The van der Waals surface area contributed by atoms with Crippen LogP contribution < -0.4 is 11.1 Å². The van der Waals surface area contributed by atoms with Gasteiger partial charge in [-0.15, -0.1) is 11.3 Å². The number of nitrogens with one attached hydrogen (secondary N) is 1. The molecular formula is C30H28N4O7S. The fourth-order valence-electron chi connectivity index (χ4n) is 6.51. The van der Waals surface area contributed by atoms with Crippen molar-refractivity contribution in [2.45, 2.75) is 24.5 Å². The molecule has 1 aromatic heterocycles. The second kappa shape index (κ2) is 9.79. The summed E-state index contributed by atoms with van der Waals surface area (Å²) in [7, 11) is 3.12. The number of thiazole rings is 1. The van der Waals surface area contributed by atoms with Gasteiger partial charge in [0, 0.05) is 22.4 Å². The van der Waals surface area contributed by atoms with E-state index in [0.29, 0.717) is 10.7 Å². The highest BCUT2D eigenvalue weighted by Gasteiger charge is 2.64. The molecule has 1 saturated carbocycles. The molecular weight excluding hydrogens is 560 g/mol. The molecule has 7 N–H and O–H groups in total. The SMILES string of the molecule is CN(C)[C@H]1C(=O)C(C(N)=O)=C(O)[C@]2(O)C(=O)C3=C(O)c4c(ccc(Nc5nc(-c6ccccc6)cs5)c4O)C[C@@H]3C[C@H]12. The predicted molar refractivity (Wildman–Crippen MR) is 155 cm³/mol. The number of rotatable bonds is 5. The van der Waals surface area contributed by atoms with Gasteiger partial charge in [0.25, 0.3) is 5.91 Å². The Morgan fingerprint density at radius 3 is 2.50 bits per heavy atom. The number of hydrogen-bond acceptors (Lipinski definition) is 11. The number of benzene rings is 2. The van der Waals surface area contributed by atoms with Crippen LogP contribution in [0.1, 0.15) is 17.5 Å². The maximum Gasteiger partial charge on any atom is 0.255 e. The lowest BCUT2D eigenvalue weighted by molar-refractivity contribution is -0.153. The van der Waals surface area contributed by atoms with E-state index in [2.05, 4.69) is 10.3 Å². The third-order valence-electron chi connectivity index (χ3n) is 8.41. The van der Waals surface area contributed by atoms with Gasteiger partial charge < -0.3 is 31.5 Å². The summed E-state index contributed by atoms with van der Waals surface area (Å²) in [6.45, 7) is 0. The molecule has 4 atom stereocenters. The number of phenols is 1. The van der Waals surface area contributed by atoms with Crippen LogP contribution in [0.5, 0.6) is 5.75 Å². The summed E-state index contributed by atoms with van der Waals surface area (Å²) in [6.07, 6.45) is 0.256. The van der Waals surface area contributed by atoms with Crippen LogP contribution in [-0.4, -0.2) is 73.5 Å². The van der Waals surface area contributed by atoms with E-state index in [4.69, 9.17) is 5.73 Å². The van der Waals surface area contributed by atoms with Gasteiger partial charge in [-0.25, -0.2) is 4.98 Å². The smallest absolute Gasteiger partial charge is 0.255 e. The van der Waals surface area contributed by atoms with Crippen LogP contribution in [0, 0.1) is 11.8 Å². The van der Waals surface area contributed by atoms with E-state index in [1.165, 1.54) is 16.2 Å². The molecule has 3 aromatic rings. The molecule has 0 spiro atoms. The molecule has 1 amide bonds. The zero-order valence-electron chi connectivity index (χ0n) is 22.7. The minimum atomic E-state index is -2.68. The van der Waals surface area contributed by atoms with Crippen molar-refractivity contribution in [1.82, 2.24) is 9.88 Å². The number of carbonyl (C=O) groups is 3. The fourth-order valence-corrected chi connectivity index (χ4v) is 7.24. The first-order chi connectivity index (χ1) is 19.9. The van der Waals surface area contributed by atoms with Gasteiger partial charge in [0.2, 0.25) is 5.78 Å². The van der Waals surface area contributed by atoms with Crippen molar-refractivity contribution < 1.29 is 34.8 Å². The molecule has 0 aliphatic heterocycles. The number of primary amides is 1. The standard InChI is InChI=1S/C30H28N4O7S/c1-34(2)22-16-11-15-10-14-8-9-17(32-29-33-18(12-42-29)13-6-4-3-5-7-13)23(35)19(14)24(36)20(15)26(38)30(16,41)27(39)21(25(22)37)28(31)40/h3-9,12,15-16,22,35-36,39,41H,10-11H2,1-2H3,(H2,31,40)(H,32,33)/t15-,16-,22-,30-/m1/s1. The van der Waals surface area contributed by atoms with E-state index < -0.39 is 58.0 Å². The number of aromatic hydroxyl groups is 1. The molecule has 0 saturated heterocycles. The second-order valence-corrected chi connectivity index (χ2v) is 11.8. The van der Waals surface area contributed by atoms with Crippen molar-refractivity contribution in [2.24, 2.45) is 17.6 Å². The number of ketones is 2. The summed E-state index contributed by atoms with van der Waals surface area (Å²) in [4.78, 5) is 45.3. The zero-order chi connectivity index (χ0) is 30.1. The van der Waals surface area contributed by atoms with Gasteiger partial charge in [-0.1, -0.05) is 36.4 Å². The van der Waals surface area contributed by atoms with Crippen LogP contribution in [0.15, 0.2) is 64.8 Å². The number of aromatic nitrogens is 1. The maximum atomic E-state index is 14.0. The number of aliphatic hydroxyl groups is 3. The molecule has 0 bridgehead atoms. The summed E-state index contributed by atoms with van der Waals surface area (Å²) in [5, 5.41) is 50.8. The molecule has 216 valence electrons. The normalized spacial score (nSPS) is 25.3. The molecule has 12 heteroatoms. The average molecular weight is 589 g/mol. The number of nitrogens with two attached hydrogens (primary N) is 1. The van der Waals surface area contributed by atoms with Gasteiger partial charge in [0.1, 0.15) is 22.8 Å². The Kier molecular flexibility index (Phi) is 6.44. The Labute approximate surface area is 244 Å². The monoisotopic (exact) mass is 588 g/mol. The van der Waals surface area contributed by atoms with Crippen molar-refractivity contribution in [3.8, 4) is 17.0 Å². The molecule has 6 rings (SSSR count). The predicted octanol–water partition coefficient (Wildman–Crippen LogP) is 2.83. The van der Waals surface area contributed by atoms with E-state index >= 15 is 0 Å². The maximum absolute atomic E-state index is 14.0. The lowest BCUT2D eigenvalue weighted by Gasteiger charge is -2.50. The van der Waals surface area contributed by atoms with Gasteiger partial charge in [-0.3, -0.25) is 19.3 Å². The van der Waals surface area contributed by atoms with Gasteiger partial charge in [0.05, 0.1) is 23.0 Å². The number of phenolic OH excluding ortho intramolecular Hbond substituents is 1.